The summed E-state index contributed by atoms with van der Waals surface area (Å²) in [7, 11) is 1.60. The molecule has 0 amide bonds. The molecular weight excluding hydrogens is 230 g/mol. The number of ketones is 1. The molecule has 0 radical (unpaired) electrons. The Labute approximate surface area is 107 Å². The largest absolute Gasteiger partial charge is 0.497 e. The number of benzene rings is 1. The smallest absolute Gasteiger partial charge is 0.176 e. The molecule has 1 aliphatic rings. The lowest BCUT2D eigenvalue weighted by molar-refractivity contribution is -0.0158. The van der Waals surface area contributed by atoms with E-state index in [1.165, 1.54) is 0 Å². The summed E-state index contributed by atoms with van der Waals surface area (Å²) in [5.74, 6) is 0.846. The molecule has 1 aliphatic heterocycles. The third-order valence-electron chi connectivity index (χ3n) is 3.08. The maximum atomic E-state index is 12.1. The van der Waals surface area contributed by atoms with Crippen LogP contribution in [0.15, 0.2) is 24.3 Å². The normalized spacial score (nSPS) is 20.7. The van der Waals surface area contributed by atoms with Gasteiger partial charge in [0, 0.05) is 18.7 Å². The average molecular weight is 249 g/mol. The molecule has 1 saturated heterocycles. The van der Waals surface area contributed by atoms with Gasteiger partial charge in [-0.2, -0.15) is 0 Å². The van der Waals surface area contributed by atoms with E-state index < -0.39 is 0 Å². The molecule has 1 unspecified atom stereocenters. The molecule has 0 N–H and O–H groups in total. The van der Waals surface area contributed by atoms with Crippen LogP contribution in [-0.4, -0.2) is 50.1 Å². The molecule has 0 aromatic heterocycles. The molecule has 0 spiro atoms. The maximum absolute atomic E-state index is 12.1. The summed E-state index contributed by atoms with van der Waals surface area (Å²) >= 11 is 0. The quantitative estimate of drug-likeness (QED) is 0.760. The summed E-state index contributed by atoms with van der Waals surface area (Å²) in [6, 6.07) is 7.29. The van der Waals surface area contributed by atoms with Crippen LogP contribution < -0.4 is 4.74 Å². The lowest BCUT2D eigenvalue weighted by atomic mass is 10.1. The van der Waals surface area contributed by atoms with Crippen LogP contribution in [-0.2, 0) is 4.74 Å². The molecule has 1 aromatic carbocycles. The Morgan fingerprint density at radius 2 is 2.39 bits per heavy atom. The fourth-order valence-electron chi connectivity index (χ4n) is 2.13. The molecule has 0 saturated carbocycles. The second-order valence-corrected chi connectivity index (χ2v) is 4.57. The maximum Gasteiger partial charge on any atom is 0.176 e. The highest BCUT2D eigenvalue weighted by molar-refractivity contribution is 5.97. The monoisotopic (exact) mass is 249 g/mol. The molecule has 1 atom stereocenters. The number of hydrogen-bond donors (Lipinski definition) is 0. The molecule has 2 rings (SSSR count). The van der Waals surface area contributed by atoms with Crippen LogP contribution in [0.3, 0.4) is 0 Å². The van der Waals surface area contributed by atoms with Gasteiger partial charge in [0.25, 0.3) is 0 Å². The van der Waals surface area contributed by atoms with E-state index in [2.05, 4.69) is 4.90 Å². The molecule has 18 heavy (non-hydrogen) atoms. The van der Waals surface area contributed by atoms with Crippen molar-refractivity contribution in [3.05, 3.63) is 29.8 Å². The Kier molecular flexibility index (Phi) is 4.33. The van der Waals surface area contributed by atoms with Crippen LogP contribution in [0.5, 0.6) is 5.75 Å². The predicted octanol–water partition coefficient (Wildman–Crippen LogP) is 1.60. The first kappa shape index (κ1) is 13.1. The van der Waals surface area contributed by atoms with Crippen molar-refractivity contribution in [1.82, 2.24) is 4.90 Å². The lowest BCUT2D eigenvalue weighted by Crippen LogP contribution is -2.43. The van der Waals surface area contributed by atoms with Crippen molar-refractivity contribution in [3.8, 4) is 5.75 Å². The van der Waals surface area contributed by atoms with Crippen LogP contribution in [0.1, 0.15) is 17.3 Å². The molecule has 1 heterocycles. The zero-order valence-electron chi connectivity index (χ0n) is 10.9. The van der Waals surface area contributed by atoms with Crippen LogP contribution >= 0.6 is 0 Å². The van der Waals surface area contributed by atoms with Gasteiger partial charge in [-0.05, 0) is 19.1 Å². The van der Waals surface area contributed by atoms with E-state index in [1.54, 1.807) is 13.2 Å². The number of morpholine rings is 1. The SMILES string of the molecule is COc1cccc(C(=O)CN2CCOC(C)C2)c1. The van der Waals surface area contributed by atoms with Gasteiger partial charge in [0.2, 0.25) is 0 Å². The second-order valence-electron chi connectivity index (χ2n) is 4.57. The minimum absolute atomic E-state index is 0.128. The Hall–Kier alpha value is -1.39. The van der Waals surface area contributed by atoms with Crippen molar-refractivity contribution in [2.75, 3.05) is 33.4 Å². The molecule has 98 valence electrons. The van der Waals surface area contributed by atoms with Crippen molar-refractivity contribution in [3.63, 3.8) is 0 Å². The number of hydrogen-bond acceptors (Lipinski definition) is 4. The second kappa shape index (κ2) is 5.98. The van der Waals surface area contributed by atoms with Gasteiger partial charge in [0.1, 0.15) is 5.75 Å². The summed E-state index contributed by atoms with van der Waals surface area (Å²) in [5, 5.41) is 0. The van der Waals surface area contributed by atoms with Gasteiger partial charge in [-0.25, -0.2) is 0 Å². The molecular formula is C14H19NO3. The van der Waals surface area contributed by atoms with Crippen LogP contribution in [0.25, 0.3) is 0 Å². The van der Waals surface area contributed by atoms with Gasteiger partial charge in [-0.15, -0.1) is 0 Å². The summed E-state index contributed by atoms with van der Waals surface area (Å²) in [5.41, 5.74) is 0.702. The standard InChI is InChI=1S/C14H19NO3/c1-11-9-15(6-7-18-11)10-14(16)12-4-3-5-13(8-12)17-2/h3-5,8,11H,6-7,9-10H2,1-2H3. The number of rotatable bonds is 4. The summed E-state index contributed by atoms with van der Waals surface area (Å²) in [6.45, 7) is 4.81. The van der Waals surface area contributed by atoms with Crippen LogP contribution in [0.2, 0.25) is 0 Å². The summed E-state index contributed by atoms with van der Waals surface area (Å²) in [6.07, 6.45) is 0.205. The van der Waals surface area contributed by atoms with E-state index in [0.29, 0.717) is 18.7 Å². The molecule has 1 fully saturated rings. The first-order valence-corrected chi connectivity index (χ1v) is 6.20. The Morgan fingerprint density at radius 1 is 1.56 bits per heavy atom. The van der Waals surface area contributed by atoms with Crippen molar-refractivity contribution >= 4 is 5.78 Å². The topological polar surface area (TPSA) is 38.8 Å². The highest BCUT2D eigenvalue weighted by atomic mass is 16.5. The van der Waals surface area contributed by atoms with Gasteiger partial charge < -0.3 is 9.47 Å². The van der Waals surface area contributed by atoms with Crippen molar-refractivity contribution in [2.45, 2.75) is 13.0 Å². The first-order chi connectivity index (χ1) is 8.69. The molecule has 4 nitrogen and oxygen atoms in total. The molecule has 0 aliphatic carbocycles. The van der Waals surface area contributed by atoms with E-state index in [4.69, 9.17) is 9.47 Å². The third-order valence-corrected chi connectivity index (χ3v) is 3.08. The van der Waals surface area contributed by atoms with E-state index >= 15 is 0 Å². The fourth-order valence-corrected chi connectivity index (χ4v) is 2.13. The highest BCUT2D eigenvalue weighted by Gasteiger charge is 2.19. The van der Waals surface area contributed by atoms with E-state index in [-0.39, 0.29) is 11.9 Å². The Morgan fingerprint density at radius 3 is 3.11 bits per heavy atom. The Balaban J connectivity index is 1.98. The van der Waals surface area contributed by atoms with Crippen LogP contribution in [0, 0.1) is 0 Å². The number of carbonyl (C=O) groups is 1. The summed E-state index contributed by atoms with van der Waals surface area (Å²) in [4.78, 5) is 14.3. The van der Waals surface area contributed by atoms with E-state index in [1.807, 2.05) is 25.1 Å². The van der Waals surface area contributed by atoms with Gasteiger partial charge in [0.15, 0.2) is 5.78 Å². The number of ether oxygens (including phenoxy) is 2. The minimum atomic E-state index is 0.128. The number of nitrogens with zero attached hydrogens (tertiary/aromatic N) is 1. The van der Waals surface area contributed by atoms with Gasteiger partial charge in [0.05, 0.1) is 26.4 Å². The van der Waals surface area contributed by atoms with E-state index in [9.17, 15) is 4.79 Å². The fraction of sp³-hybridized carbons (Fsp3) is 0.500. The predicted molar refractivity (Wildman–Crippen MR) is 69.2 cm³/mol. The third kappa shape index (κ3) is 3.31. The van der Waals surface area contributed by atoms with Gasteiger partial charge >= 0.3 is 0 Å². The molecule has 4 heteroatoms. The van der Waals surface area contributed by atoms with Crippen molar-refractivity contribution in [2.24, 2.45) is 0 Å². The minimum Gasteiger partial charge on any atom is -0.497 e. The Bertz CT molecular complexity index is 419. The molecule has 1 aromatic rings. The first-order valence-electron chi connectivity index (χ1n) is 6.20. The van der Waals surface area contributed by atoms with Crippen molar-refractivity contribution < 1.29 is 14.3 Å². The zero-order chi connectivity index (χ0) is 13.0. The number of carbonyl (C=O) groups excluding carboxylic acids is 1. The number of Topliss-reactive ketones (excluding diaryl/α,β-unsaturated/α-hetero) is 1. The summed E-state index contributed by atoms with van der Waals surface area (Å²) < 4.78 is 10.6. The van der Waals surface area contributed by atoms with Gasteiger partial charge in [-0.3, -0.25) is 9.69 Å². The van der Waals surface area contributed by atoms with Crippen LogP contribution in [0.4, 0.5) is 0 Å². The average Bonchev–Trinajstić information content (AvgIpc) is 2.39. The molecule has 0 bridgehead atoms. The van der Waals surface area contributed by atoms with Crippen molar-refractivity contribution in [1.29, 1.82) is 0 Å². The number of methoxy groups -OCH3 is 1. The lowest BCUT2D eigenvalue weighted by Gasteiger charge is -2.30. The van der Waals surface area contributed by atoms with E-state index in [0.717, 1.165) is 18.8 Å². The highest BCUT2D eigenvalue weighted by Crippen LogP contribution is 2.14. The zero-order valence-corrected chi connectivity index (χ0v) is 10.9. The van der Waals surface area contributed by atoms with Gasteiger partial charge in [-0.1, -0.05) is 12.1 Å².